The van der Waals surface area contributed by atoms with Gasteiger partial charge < -0.3 is 9.80 Å². The maximum Gasteiger partial charge on any atom is 0.321 e. The predicted molar refractivity (Wildman–Crippen MR) is 142 cm³/mol. The van der Waals surface area contributed by atoms with Gasteiger partial charge in [0.1, 0.15) is 0 Å². The van der Waals surface area contributed by atoms with Crippen LogP contribution in [0.4, 0.5) is 4.79 Å². The van der Waals surface area contributed by atoms with Crippen LogP contribution in [-0.2, 0) is 16.8 Å². The molecule has 2 aromatic rings. The monoisotopic (exact) mass is 488 g/mol. The van der Waals surface area contributed by atoms with Gasteiger partial charge in [-0.2, -0.15) is 0 Å². The molecular weight excluding hydrogens is 448 g/mol. The number of Topliss-reactive ketones (excluding diaryl/α,β-unsaturated/α-hetero) is 1. The smallest absolute Gasteiger partial charge is 0.317 e. The fraction of sp³-hybridized carbons (Fsp3) is 0.567. The van der Waals surface area contributed by atoms with E-state index in [9.17, 15) is 9.59 Å². The van der Waals surface area contributed by atoms with Gasteiger partial charge in [0.05, 0.1) is 18.5 Å². The summed E-state index contributed by atoms with van der Waals surface area (Å²) < 4.78 is 0. The van der Waals surface area contributed by atoms with E-state index >= 15 is 0 Å². The van der Waals surface area contributed by atoms with E-state index in [0.29, 0.717) is 12.5 Å². The molecule has 2 saturated carbocycles. The molecule has 36 heavy (non-hydrogen) atoms. The summed E-state index contributed by atoms with van der Waals surface area (Å²) in [6.07, 6.45) is 9.65. The van der Waals surface area contributed by atoms with Crippen molar-refractivity contribution in [2.24, 2.45) is 5.92 Å². The Morgan fingerprint density at radius 3 is 2.42 bits per heavy atom. The number of hydrogen-bond donors (Lipinski definition) is 0. The highest BCUT2D eigenvalue weighted by molar-refractivity contribution is 5.88. The van der Waals surface area contributed by atoms with E-state index in [1.54, 1.807) is 6.20 Å². The highest BCUT2D eigenvalue weighted by atomic mass is 16.2. The average molecular weight is 489 g/mol. The second-order valence-electron chi connectivity index (χ2n) is 11.6. The number of amides is 2. The number of hydrogen-bond acceptors (Lipinski definition) is 4. The van der Waals surface area contributed by atoms with E-state index in [-0.39, 0.29) is 35.9 Å². The summed E-state index contributed by atoms with van der Waals surface area (Å²) in [4.78, 5) is 37.5. The predicted octanol–water partition coefficient (Wildman–Crippen LogP) is 4.81. The van der Waals surface area contributed by atoms with Crippen molar-refractivity contribution in [3.8, 4) is 0 Å². The van der Waals surface area contributed by atoms with Crippen LogP contribution in [0, 0.1) is 12.8 Å². The number of aryl methyl sites for hydroxylation is 1. The molecule has 1 aromatic heterocycles. The first-order valence-corrected chi connectivity index (χ1v) is 13.5. The molecule has 2 heterocycles. The molecule has 2 amide bonds. The van der Waals surface area contributed by atoms with Gasteiger partial charge in [0, 0.05) is 30.5 Å². The third kappa shape index (κ3) is 4.68. The van der Waals surface area contributed by atoms with Crippen molar-refractivity contribution in [2.75, 3.05) is 33.7 Å². The number of aromatic nitrogens is 1. The van der Waals surface area contributed by atoms with Crippen LogP contribution in [0.3, 0.4) is 0 Å². The zero-order chi connectivity index (χ0) is 25.3. The van der Waals surface area contributed by atoms with Crippen molar-refractivity contribution in [1.29, 1.82) is 0 Å². The number of carbonyl (C=O) groups excluding carboxylic acids is 2. The lowest BCUT2D eigenvalue weighted by atomic mass is 9.68. The standard InChI is InChI=1S/C30H40N4O2/c1-23-12-17-31-26(18-23)19-27(35)21-33-22-29(34(28(33)36)20-24-8-7-9-24)13-15-30(16-14-29,32(2)3)25-10-5-4-6-11-25/h4-6,10-12,17-18,24H,7-9,13-16,19-22H2,1-3H3. The van der Waals surface area contributed by atoms with Gasteiger partial charge in [-0.05, 0) is 88.7 Å². The summed E-state index contributed by atoms with van der Waals surface area (Å²) in [5, 5.41) is 0. The van der Waals surface area contributed by atoms with Crippen LogP contribution in [-0.4, -0.2) is 70.8 Å². The maximum atomic E-state index is 13.7. The van der Waals surface area contributed by atoms with E-state index in [1.165, 1.54) is 24.8 Å². The summed E-state index contributed by atoms with van der Waals surface area (Å²) in [5.74, 6) is 0.664. The SMILES string of the molecule is Cc1ccnc(CC(=O)CN2CC3(CCC(c4ccccc4)(N(C)C)CC3)N(CC3CCC3)C2=O)c1. The van der Waals surface area contributed by atoms with Crippen LogP contribution >= 0.6 is 0 Å². The molecule has 0 radical (unpaired) electrons. The summed E-state index contributed by atoms with van der Waals surface area (Å²) in [6, 6.07) is 14.8. The molecule has 0 atom stereocenters. The Labute approximate surface area is 215 Å². The number of nitrogens with zero attached hydrogens (tertiary/aromatic N) is 4. The summed E-state index contributed by atoms with van der Waals surface area (Å²) >= 11 is 0. The maximum absolute atomic E-state index is 13.7. The van der Waals surface area contributed by atoms with Gasteiger partial charge in [-0.15, -0.1) is 0 Å². The summed E-state index contributed by atoms with van der Waals surface area (Å²) in [6.45, 7) is 3.68. The Morgan fingerprint density at radius 2 is 1.81 bits per heavy atom. The molecule has 0 unspecified atom stereocenters. The minimum absolute atomic E-state index is 0.0161. The van der Waals surface area contributed by atoms with Crippen molar-refractivity contribution < 1.29 is 9.59 Å². The van der Waals surface area contributed by atoms with Crippen LogP contribution in [0.15, 0.2) is 48.7 Å². The van der Waals surface area contributed by atoms with E-state index in [4.69, 9.17) is 0 Å². The lowest BCUT2D eigenvalue weighted by Crippen LogP contribution is -2.56. The van der Waals surface area contributed by atoms with Crippen molar-refractivity contribution in [3.05, 3.63) is 65.5 Å². The van der Waals surface area contributed by atoms with Crippen LogP contribution < -0.4 is 0 Å². The van der Waals surface area contributed by atoms with Crippen LogP contribution in [0.5, 0.6) is 0 Å². The van der Waals surface area contributed by atoms with Gasteiger partial charge in [-0.25, -0.2) is 4.79 Å². The van der Waals surface area contributed by atoms with E-state index in [1.807, 2.05) is 24.0 Å². The second-order valence-corrected chi connectivity index (χ2v) is 11.6. The van der Waals surface area contributed by atoms with Crippen molar-refractivity contribution in [1.82, 2.24) is 19.7 Å². The van der Waals surface area contributed by atoms with Gasteiger partial charge in [0.2, 0.25) is 0 Å². The first-order valence-electron chi connectivity index (χ1n) is 13.5. The Bertz CT molecular complexity index is 1090. The second kappa shape index (κ2) is 9.97. The van der Waals surface area contributed by atoms with Crippen molar-refractivity contribution >= 4 is 11.8 Å². The molecule has 1 saturated heterocycles. The lowest BCUT2D eigenvalue weighted by Gasteiger charge is -2.51. The summed E-state index contributed by atoms with van der Waals surface area (Å²) in [7, 11) is 4.36. The molecule has 1 spiro atoms. The molecule has 2 aliphatic carbocycles. The van der Waals surface area contributed by atoms with Crippen LogP contribution in [0.1, 0.15) is 61.8 Å². The first kappa shape index (κ1) is 24.9. The summed E-state index contributed by atoms with van der Waals surface area (Å²) in [5.41, 5.74) is 3.04. The third-order valence-corrected chi connectivity index (χ3v) is 9.12. The Hall–Kier alpha value is -2.73. The minimum Gasteiger partial charge on any atom is -0.317 e. The van der Waals surface area contributed by atoms with Gasteiger partial charge in [-0.1, -0.05) is 36.8 Å². The number of pyridine rings is 1. The zero-order valence-electron chi connectivity index (χ0n) is 22.1. The largest absolute Gasteiger partial charge is 0.321 e. The Morgan fingerprint density at radius 1 is 1.08 bits per heavy atom. The molecule has 1 aliphatic heterocycles. The normalized spacial score (nSPS) is 26.6. The number of carbonyl (C=O) groups is 2. The van der Waals surface area contributed by atoms with E-state index in [2.05, 4.69) is 59.2 Å². The highest BCUT2D eigenvalue weighted by Crippen LogP contribution is 2.49. The number of ketones is 1. The molecule has 6 nitrogen and oxygen atoms in total. The molecule has 3 fully saturated rings. The Kier molecular flexibility index (Phi) is 6.90. The highest BCUT2D eigenvalue weighted by Gasteiger charge is 2.55. The molecule has 0 bridgehead atoms. The molecule has 3 aliphatic rings. The quantitative estimate of drug-likeness (QED) is 0.535. The molecular formula is C30H40N4O2. The number of benzene rings is 1. The molecule has 192 valence electrons. The lowest BCUT2D eigenvalue weighted by molar-refractivity contribution is -0.119. The first-order chi connectivity index (χ1) is 17.3. The van der Waals surface area contributed by atoms with E-state index < -0.39 is 0 Å². The number of rotatable bonds is 8. The van der Waals surface area contributed by atoms with Gasteiger partial charge in [0.15, 0.2) is 5.78 Å². The number of urea groups is 1. The zero-order valence-corrected chi connectivity index (χ0v) is 22.1. The van der Waals surface area contributed by atoms with Gasteiger partial charge in [0.25, 0.3) is 0 Å². The molecule has 6 heteroatoms. The molecule has 0 N–H and O–H groups in total. The van der Waals surface area contributed by atoms with Crippen molar-refractivity contribution in [2.45, 2.75) is 69.4 Å². The van der Waals surface area contributed by atoms with Crippen LogP contribution in [0.25, 0.3) is 0 Å². The third-order valence-electron chi connectivity index (χ3n) is 9.12. The average Bonchev–Trinajstić information content (AvgIpc) is 3.07. The fourth-order valence-corrected chi connectivity index (χ4v) is 6.68. The Balaban J connectivity index is 1.34. The van der Waals surface area contributed by atoms with Crippen molar-refractivity contribution in [3.63, 3.8) is 0 Å². The van der Waals surface area contributed by atoms with Gasteiger partial charge in [-0.3, -0.25) is 14.7 Å². The molecule has 5 rings (SSSR count). The van der Waals surface area contributed by atoms with Crippen LogP contribution in [0.2, 0.25) is 0 Å². The molecule has 1 aromatic carbocycles. The minimum atomic E-state index is -0.178. The van der Waals surface area contributed by atoms with E-state index in [0.717, 1.165) is 43.5 Å². The fourth-order valence-electron chi connectivity index (χ4n) is 6.68. The van der Waals surface area contributed by atoms with Gasteiger partial charge >= 0.3 is 6.03 Å². The topological polar surface area (TPSA) is 56.8 Å².